The molecule has 2 N–H and O–H groups in total. The number of aromatic amines is 1. The van der Waals surface area contributed by atoms with E-state index in [0.29, 0.717) is 12.2 Å². The zero-order valence-electron chi connectivity index (χ0n) is 15.9. The molecule has 1 aromatic heterocycles. The number of carbonyl (C=O) groups excluding carboxylic acids is 1. The van der Waals surface area contributed by atoms with Crippen molar-refractivity contribution in [3.8, 4) is 5.75 Å². The lowest BCUT2D eigenvalue weighted by Crippen LogP contribution is -2.36. The fourth-order valence-electron chi connectivity index (χ4n) is 3.85. The number of amides is 1. The Bertz CT molecular complexity index is 962. The molecule has 1 atom stereocenters. The molecule has 1 aliphatic heterocycles. The van der Waals surface area contributed by atoms with Gasteiger partial charge >= 0.3 is 0 Å². The molecule has 6 heteroatoms. The van der Waals surface area contributed by atoms with E-state index in [-0.39, 0.29) is 11.9 Å². The van der Waals surface area contributed by atoms with E-state index >= 15 is 0 Å². The van der Waals surface area contributed by atoms with Gasteiger partial charge in [-0.25, -0.2) is 0 Å². The van der Waals surface area contributed by atoms with Gasteiger partial charge in [0.2, 0.25) is 0 Å². The molecular weight excluding hydrogens is 418 g/mol. The summed E-state index contributed by atoms with van der Waals surface area (Å²) < 4.78 is 6.28. The molecule has 5 nitrogen and oxygen atoms in total. The third-order valence-electron chi connectivity index (χ3n) is 5.37. The smallest absolute Gasteiger partial charge is 0.267 e. The minimum atomic E-state index is -0.0787. The number of nitrogens with one attached hydrogen (secondary N) is 2. The number of aromatic nitrogens is 1. The molecule has 0 spiro atoms. The fraction of sp³-hybridized carbons (Fsp3) is 0.318. The minimum Gasteiger partial charge on any atom is -0.497 e. The van der Waals surface area contributed by atoms with Gasteiger partial charge in [-0.05, 0) is 67.9 Å². The Hall–Kier alpha value is -2.31. The van der Waals surface area contributed by atoms with Crippen LogP contribution in [0, 0.1) is 0 Å². The van der Waals surface area contributed by atoms with E-state index in [1.54, 1.807) is 7.11 Å². The first-order valence-corrected chi connectivity index (χ1v) is 10.4. The van der Waals surface area contributed by atoms with Crippen LogP contribution >= 0.6 is 15.9 Å². The molecule has 3 aromatic rings. The Labute approximate surface area is 173 Å². The molecule has 4 rings (SSSR count). The third kappa shape index (κ3) is 4.08. The first-order valence-electron chi connectivity index (χ1n) is 9.58. The Morgan fingerprint density at radius 2 is 1.93 bits per heavy atom. The summed E-state index contributed by atoms with van der Waals surface area (Å²) >= 11 is 3.47. The van der Waals surface area contributed by atoms with Crippen molar-refractivity contribution in [2.24, 2.45) is 0 Å². The van der Waals surface area contributed by atoms with Crippen molar-refractivity contribution < 1.29 is 9.53 Å². The summed E-state index contributed by atoms with van der Waals surface area (Å²) in [6, 6.07) is 16.2. The zero-order chi connectivity index (χ0) is 19.5. The van der Waals surface area contributed by atoms with Crippen molar-refractivity contribution in [2.45, 2.75) is 18.9 Å². The number of hydrogen-bond donors (Lipinski definition) is 2. The number of likely N-dealkylation sites (tertiary alicyclic amines) is 1. The summed E-state index contributed by atoms with van der Waals surface area (Å²) in [5.74, 6) is 0.766. The summed E-state index contributed by atoms with van der Waals surface area (Å²) in [5.41, 5.74) is 2.74. The number of methoxy groups -OCH3 is 1. The molecule has 146 valence electrons. The highest BCUT2D eigenvalue weighted by Crippen LogP contribution is 2.26. The monoisotopic (exact) mass is 441 g/mol. The maximum atomic E-state index is 12.8. The number of fused-ring (bicyclic) bond motifs is 1. The Morgan fingerprint density at radius 1 is 1.18 bits per heavy atom. The van der Waals surface area contributed by atoms with Gasteiger partial charge in [-0.3, -0.25) is 9.69 Å². The lowest BCUT2D eigenvalue weighted by Gasteiger charge is -2.28. The lowest BCUT2D eigenvalue weighted by atomic mass is 10.1. The summed E-state index contributed by atoms with van der Waals surface area (Å²) in [7, 11) is 1.67. The normalized spacial score (nSPS) is 15.6. The average molecular weight is 442 g/mol. The van der Waals surface area contributed by atoms with Gasteiger partial charge in [0.1, 0.15) is 11.4 Å². The van der Waals surface area contributed by atoms with Crippen molar-refractivity contribution >= 4 is 32.7 Å². The van der Waals surface area contributed by atoms with Crippen molar-refractivity contribution in [3.63, 3.8) is 0 Å². The summed E-state index contributed by atoms with van der Waals surface area (Å²) in [5, 5.41) is 4.14. The van der Waals surface area contributed by atoms with Gasteiger partial charge in [-0.1, -0.05) is 28.1 Å². The summed E-state index contributed by atoms with van der Waals surface area (Å²) in [6.45, 7) is 2.70. The van der Waals surface area contributed by atoms with Gasteiger partial charge in [-0.15, -0.1) is 0 Å². The molecule has 1 amide bonds. The Kier molecular flexibility index (Phi) is 5.69. The van der Waals surface area contributed by atoms with Gasteiger partial charge in [0, 0.05) is 21.9 Å². The van der Waals surface area contributed by atoms with Gasteiger partial charge in [-0.2, -0.15) is 0 Å². The van der Waals surface area contributed by atoms with E-state index in [1.165, 1.54) is 18.4 Å². The van der Waals surface area contributed by atoms with Gasteiger partial charge in [0.05, 0.1) is 13.2 Å². The second kappa shape index (κ2) is 8.37. The predicted molar refractivity (Wildman–Crippen MR) is 115 cm³/mol. The van der Waals surface area contributed by atoms with Gasteiger partial charge in [0.15, 0.2) is 0 Å². The first-order chi connectivity index (χ1) is 13.6. The number of benzene rings is 2. The highest BCUT2D eigenvalue weighted by molar-refractivity contribution is 9.10. The molecule has 2 aromatic carbocycles. The van der Waals surface area contributed by atoms with E-state index in [1.807, 2.05) is 36.4 Å². The van der Waals surface area contributed by atoms with Crippen LogP contribution in [0.2, 0.25) is 0 Å². The molecule has 0 bridgehead atoms. The Balaban J connectivity index is 1.50. The topological polar surface area (TPSA) is 57.4 Å². The molecule has 1 saturated heterocycles. The second-order valence-corrected chi connectivity index (χ2v) is 8.07. The molecule has 1 aliphatic rings. The predicted octanol–water partition coefficient (Wildman–Crippen LogP) is 4.51. The number of ether oxygens (including phenoxy) is 1. The zero-order valence-corrected chi connectivity index (χ0v) is 17.5. The average Bonchev–Trinajstić information content (AvgIpc) is 3.38. The lowest BCUT2D eigenvalue weighted by molar-refractivity contribution is 0.0933. The number of nitrogens with zero attached hydrogens (tertiary/aromatic N) is 1. The quantitative estimate of drug-likeness (QED) is 0.591. The van der Waals surface area contributed by atoms with Crippen molar-refractivity contribution in [1.82, 2.24) is 15.2 Å². The fourth-order valence-corrected chi connectivity index (χ4v) is 4.23. The molecule has 1 fully saturated rings. The van der Waals surface area contributed by atoms with Crippen LogP contribution < -0.4 is 10.1 Å². The maximum absolute atomic E-state index is 12.8. The standard InChI is InChI=1S/C22H24BrN3O2/c1-28-18-7-4-15(5-8-18)21(26-10-2-3-11-26)14-24-22(27)20-13-16-12-17(23)6-9-19(16)25-20/h4-9,12-13,21,25H,2-3,10-11,14H2,1H3,(H,24,27)/t21-/m0/s1. The number of hydrogen-bond acceptors (Lipinski definition) is 3. The van der Waals surface area contributed by atoms with Crippen LogP contribution in [-0.4, -0.2) is 42.5 Å². The highest BCUT2D eigenvalue weighted by atomic mass is 79.9. The van der Waals surface area contributed by atoms with Gasteiger partial charge < -0.3 is 15.0 Å². The number of rotatable bonds is 6. The largest absolute Gasteiger partial charge is 0.497 e. The molecule has 0 radical (unpaired) electrons. The molecule has 0 aliphatic carbocycles. The first kappa shape index (κ1) is 19.0. The van der Waals surface area contributed by atoms with Crippen LogP contribution in [0.15, 0.2) is 53.0 Å². The van der Waals surface area contributed by atoms with Crippen molar-refractivity contribution in [2.75, 3.05) is 26.7 Å². The van der Waals surface area contributed by atoms with Crippen molar-refractivity contribution in [3.05, 3.63) is 64.3 Å². The Morgan fingerprint density at radius 3 is 2.64 bits per heavy atom. The second-order valence-electron chi connectivity index (χ2n) is 7.16. The van der Waals surface area contributed by atoms with Crippen LogP contribution in [0.3, 0.4) is 0 Å². The van der Waals surface area contributed by atoms with E-state index < -0.39 is 0 Å². The maximum Gasteiger partial charge on any atom is 0.267 e. The van der Waals surface area contributed by atoms with Crippen LogP contribution in [0.25, 0.3) is 10.9 Å². The molecular formula is C22H24BrN3O2. The number of H-pyrrole nitrogens is 1. The highest BCUT2D eigenvalue weighted by Gasteiger charge is 2.24. The molecule has 0 saturated carbocycles. The number of halogens is 1. The van der Waals surface area contributed by atoms with Crippen LogP contribution in [-0.2, 0) is 0 Å². The summed E-state index contributed by atoms with van der Waals surface area (Å²) in [6.07, 6.45) is 2.41. The minimum absolute atomic E-state index is 0.0787. The van der Waals surface area contributed by atoms with E-state index in [2.05, 4.69) is 43.3 Å². The van der Waals surface area contributed by atoms with Crippen molar-refractivity contribution in [1.29, 1.82) is 0 Å². The number of carbonyl (C=O) groups is 1. The summed E-state index contributed by atoms with van der Waals surface area (Å²) in [4.78, 5) is 18.4. The van der Waals surface area contributed by atoms with Crippen LogP contribution in [0.5, 0.6) is 5.75 Å². The van der Waals surface area contributed by atoms with Gasteiger partial charge in [0.25, 0.3) is 5.91 Å². The molecule has 0 unspecified atom stereocenters. The SMILES string of the molecule is COc1ccc([C@H](CNC(=O)c2cc3cc(Br)ccc3[nH]2)N2CCCC2)cc1. The molecule has 28 heavy (non-hydrogen) atoms. The van der Waals surface area contributed by atoms with E-state index in [0.717, 1.165) is 34.2 Å². The third-order valence-corrected chi connectivity index (χ3v) is 5.86. The van der Waals surface area contributed by atoms with Crippen LogP contribution in [0.4, 0.5) is 0 Å². The molecule has 2 heterocycles. The van der Waals surface area contributed by atoms with Crippen LogP contribution in [0.1, 0.15) is 34.9 Å². The van der Waals surface area contributed by atoms with E-state index in [4.69, 9.17) is 4.74 Å². The van der Waals surface area contributed by atoms with E-state index in [9.17, 15) is 4.79 Å².